The van der Waals surface area contributed by atoms with Crippen LogP contribution in [0.2, 0.25) is 0 Å². The van der Waals surface area contributed by atoms with Crippen LogP contribution in [0.1, 0.15) is 195 Å². The van der Waals surface area contributed by atoms with Crippen molar-refractivity contribution in [3.63, 3.8) is 0 Å². The third-order valence-corrected chi connectivity index (χ3v) is 14.3. The number of nitrogens with zero attached hydrogens (tertiary/aromatic N) is 1. The highest BCUT2D eigenvalue weighted by Crippen LogP contribution is 2.32. The molecule has 0 bridgehead atoms. The molecule has 3 rings (SSSR count). The van der Waals surface area contributed by atoms with E-state index in [-0.39, 0.29) is 19.1 Å². The Morgan fingerprint density at radius 2 is 1.03 bits per heavy atom. The Labute approximate surface area is 469 Å². The number of carbonyl (C=O) groups excluding carboxylic acids is 6. The summed E-state index contributed by atoms with van der Waals surface area (Å²) in [5, 5.41) is 48.1. The van der Waals surface area contributed by atoms with Crippen molar-refractivity contribution in [3.05, 3.63) is 0 Å². The van der Waals surface area contributed by atoms with Crippen molar-refractivity contribution in [1.29, 1.82) is 0 Å². The average Bonchev–Trinajstić information content (AvgIpc) is 3.40. The third kappa shape index (κ3) is 28.4. The molecule has 0 unspecified atom stereocenters. The summed E-state index contributed by atoms with van der Waals surface area (Å²) in [6.45, 7) is 7.39. The molecule has 1 amide bonds. The number of amides is 1. The van der Waals surface area contributed by atoms with E-state index in [1.807, 2.05) is 0 Å². The molecule has 79 heavy (non-hydrogen) atoms. The van der Waals surface area contributed by atoms with Crippen LogP contribution in [0.3, 0.4) is 0 Å². The predicted molar refractivity (Wildman–Crippen MR) is 288 cm³/mol. The molecule has 0 aromatic heterocycles. The molecule has 3 fully saturated rings. The first-order valence-corrected chi connectivity index (χ1v) is 29.5. The van der Waals surface area contributed by atoms with Gasteiger partial charge in [0.05, 0.1) is 25.9 Å². The maximum atomic E-state index is 12.6. The van der Waals surface area contributed by atoms with Gasteiger partial charge in [-0.05, 0) is 72.0 Å². The lowest BCUT2D eigenvalue weighted by molar-refractivity contribution is -0.356. The number of ether oxygens (including phenoxy) is 10. The van der Waals surface area contributed by atoms with Crippen molar-refractivity contribution < 1.29 is 96.6 Å². The number of nitrogens with one attached hydrogen (secondary N) is 1. The van der Waals surface area contributed by atoms with Crippen molar-refractivity contribution in [1.82, 2.24) is 10.2 Å². The molecule has 22 nitrogen and oxygen atoms in total. The smallest absolute Gasteiger partial charge is 0.303 e. The molecule has 0 saturated carbocycles. The first kappa shape index (κ1) is 69.8. The molecule has 3 aliphatic rings. The van der Waals surface area contributed by atoms with E-state index in [1.54, 1.807) is 0 Å². The van der Waals surface area contributed by atoms with Gasteiger partial charge in [-0.1, -0.05) is 96.8 Å². The number of aliphatic hydroxyl groups is 4. The Hall–Kier alpha value is -3.42. The number of rotatable bonds is 41. The van der Waals surface area contributed by atoms with Crippen LogP contribution >= 0.6 is 0 Å². The van der Waals surface area contributed by atoms with Gasteiger partial charge in [0.25, 0.3) is 0 Å². The number of unbranched alkanes of at least 4 members (excludes halogenated alkanes) is 16. The Morgan fingerprint density at radius 3 is 1.61 bits per heavy atom. The second-order valence-electron chi connectivity index (χ2n) is 21.8. The zero-order valence-corrected chi connectivity index (χ0v) is 48.6. The van der Waals surface area contributed by atoms with Crippen LogP contribution in [-0.4, -0.2) is 194 Å². The fraction of sp³-hybridized carbons (Fsp3) is 0.895. The summed E-state index contributed by atoms with van der Waals surface area (Å²) in [4.78, 5) is 75.3. The number of Topliss-reactive ketones (excluding diaryl/α,β-unsaturated/α-hetero) is 1. The lowest BCUT2D eigenvalue weighted by Gasteiger charge is -2.45. The van der Waals surface area contributed by atoms with Crippen LogP contribution in [0.4, 0.5) is 0 Å². The van der Waals surface area contributed by atoms with E-state index >= 15 is 0 Å². The van der Waals surface area contributed by atoms with Gasteiger partial charge < -0.3 is 78.0 Å². The highest BCUT2D eigenvalue weighted by atomic mass is 16.8. The summed E-state index contributed by atoms with van der Waals surface area (Å²) in [6.07, 6.45) is 3.33. The van der Waals surface area contributed by atoms with E-state index in [4.69, 9.17) is 47.4 Å². The predicted octanol–water partition coefficient (Wildman–Crippen LogP) is 5.40. The standard InChI is InChI=1S/C57H100N2O20/c1-8-9-10-23-31-45(44(73-38(2)60)30-24-19-16-18-22-29-42(64)28-21-17-14-12-11-13-15-20-25-32-48(66)58-33-26-27-34-59(6)7)77-55-50(68)49(67)46(36-71-55)78-56-51(69)52(43(65)35-70-56)79-57-54(76-41(5)63)53(75-40(4)62)47(37-72-57)74-39(3)61/h43-47,49-57,65,67-69H,8-37H2,1-7H3,(H,58,66)/t43-,44+,45-,46-,47-,49-,50+,51+,52-,53-,54+,55-,56-,57-/m0/s1. The van der Waals surface area contributed by atoms with Crippen molar-refractivity contribution in [2.45, 2.75) is 281 Å². The molecule has 3 aliphatic heterocycles. The minimum atomic E-state index is -1.77. The summed E-state index contributed by atoms with van der Waals surface area (Å²) in [6, 6.07) is 0. The van der Waals surface area contributed by atoms with E-state index in [1.165, 1.54) is 26.2 Å². The number of hydrogen-bond donors (Lipinski definition) is 5. The largest absolute Gasteiger partial charge is 0.460 e. The highest BCUT2D eigenvalue weighted by Gasteiger charge is 2.52. The SMILES string of the molecule is CCCCCC[C@H](O[C@@H]1OC[C@H](O[C@@H]2OC[C@H](O)[C@H](O[C@@H]3OC[C@H](OC(C)=O)[C@H](OC(C)=O)[C@H]3OC(C)=O)[C@H]2O)[C@H](O)[C@H]1O)[C@@H](CCCCCCCC(=O)CCCCCCCCCCCC(=O)NCCCCN(C)C)OC(C)=O. The molecule has 0 aromatic rings. The topological polar surface area (TPSA) is 291 Å². The van der Waals surface area contributed by atoms with Crippen molar-refractivity contribution in [2.24, 2.45) is 0 Å². The minimum Gasteiger partial charge on any atom is -0.460 e. The average molecular weight is 1130 g/mol. The monoisotopic (exact) mass is 1130 g/mol. The normalized spacial score (nSPS) is 26.9. The number of carbonyl (C=O) groups is 6. The van der Waals surface area contributed by atoms with Crippen LogP contribution in [0, 0.1) is 0 Å². The lowest BCUT2D eigenvalue weighted by Crippen LogP contribution is -2.63. The molecule has 0 aromatic carbocycles. The minimum absolute atomic E-state index is 0.162. The highest BCUT2D eigenvalue weighted by molar-refractivity contribution is 5.78. The Bertz CT molecular complexity index is 1740. The van der Waals surface area contributed by atoms with Gasteiger partial charge in [-0.2, -0.15) is 0 Å². The molecular weight excluding hydrogens is 1030 g/mol. The molecular formula is C57H100N2O20. The van der Waals surface area contributed by atoms with Crippen molar-refractivity contribution in [2.75, 3.05) is 47.0 Å². The van der Waals surface area contributed by atoms with Crippen molar-refractivity contribution in [3.8, 4) is 0 Å². The third-order valence-electron chi connectivity index (χ3n) is 14.3. The summed E-state index contributed by atoms with van der Waals surface area (Å²) in [7, 11) is 4.12. The number of esters is 4. The Kier molecular flexibility index (Phi) is 35.3. The molecule has 22 heteroatoms. The second-order valence-corrected chi connectivity index (χ2v) is 21.8. The van der Waals surface area contributed by atoms with E-state index in [2.05, 4.69) is 31.2 Å². The van der Waals surface area contributed by atoms with Gasteiger partial charge in [0, 0.05) is 53.5 Å². The van der Waals surface area contributed by atoms with Gasteiger partial charge in [-0.25, -0.2) is 0 Å². The lowest BCUT2D eigenvalue weighted by atomic mass is 9.98. The molecule has 3 saturated heterocycles. The van der Waals surface area contributed by atoms with Crippen molar-refractivity contribution >= 4 is 35.6 Å². The van der Waals surface area contributed by atoms with Gasteiger partial charge in [0.15, 0.2) is 37.2 Å². The molecule has 0 aliphatic carbocycles. The number of ketones is 1. The quantitative estimate of drug-likeness (QED) is 0.0291. The summed E-state index contributed by atoms with van der Waals surface area (Å²) in [5.41, 5.74) is 0. The molecule has 14 atom stereocenters. The molecule has 3 heterocycles. The zero-order valence-electron chi connectivity index (χ0n) is 48.6. The molecule has 0 spiro atoms. The summed E-state index contributed by atoms with van der Waals surface area (Å²) in [5.74, 6) is -2.36. The maximum Gasteiger partial charge on any atom is 0.303 e. The summed E-state index contributed by atoms with van der Waals surface area (Å²) >= 11 is 0. The van der Waals surface area contributed by atoms with Crippen LogP contribution in [0.15, 0.2) is 0 Å². The fourth-order valence-corrected chi connectivity index (χ4v) is 10.1. The van der Waals surface area contributed by atoms with E-state index < -0.39 is 116 Å². The van der Waals surface area contributed by atoms with Gasteiger partial charge in [0.2, 0.25) is 5.91 Å². The fourth-order valence-electron chi connectivity index (χ4n) is 10.1. The Balaban J connectivity index is 1.42. The zero-order chi connectivity index (χ0) is 58.1. The summed E-state index contributed by atoms with van der Waals surface area (Å²) < 4.78 is 57.3. The van der Waals surface area contributed by atoms with Gasteiger partial charge in [0.1, 0.15) is 48.5 Å². The van der Waals surface area contributed by atoms with Gasteiger partial charge in [-0.3, -0.25) is 28.8 Å². The van der Waals surface area contributed by atoms with E-state index in [0.29, 0.717) is 37.9 Å². The molecule has 5 N–H and O–H groups in total. The maximum absolute atomic E-state index is 12.6. The number of hydrogen-bond acceptors (Lipinski definition) is 21. The van der Waals surface area contributed by atoms with Crippen LogP contribution in [-0.2, 0) is 76.1 Å². The first-order chi connectivity index (χ1) is 37.8. The van der Waals surface area contributed by atoms with Gasteiger partial charge >= 0.3 is 23.9 Å². The molecule has 0 radical (unpaired) electrons. The van der Waals surface area contributed by atoms with Gasteiger partial charge in [-0.15, -0.1) is 0 Å². The number of aliphatic hydroxyl groups excluding tert-OH is 4. The first-order valence-electron chi connectivity index (χ1n) is 29.5. The van der Waals surface area contributed by atoms with E-state index in [9.17, 15) is 49.2 Å². The van der Waals surface area contributed by atoms with E-state index in [0.717, 1.165) is 143 Å². The van der Waals surface area contributed by atoms with Crippen LogP contribution in [0.25, 0.3) is 0 Å². The Morgan fingerprint density at radius 1 is 0.506 bits per heavy atom. The molecule has 458 valence electrons. The van der Waals surface area contributed by atoms with Crippen LogP contribution < -0.4 is 5.32 Å². The second kappa shape index (κ2) is 39.9. The van der Waals surface area contributed by atoms with Crippen LogP contribution in [0.5, 0.6) is 0 Å².